The van der Waals surface area contributed by atoms with Crippen LogP contribution in [0.1, 0.15) is 5.56 Å². The van der Waals surface area contributed by atoms with E-state index in [0.717, 1.165) is 5.33 Å². The Morgan fingerprint density at radius 3 is 2.77 bits per heavy atom. The van der Waals surface area contributed by atoms with Crippen LogP contribution in [0.4, 0.5) is 0 Å². The summed E-state index contributed by atoms with van der Waals surface area (Å²) < 4.78 is 0. The fraction of sp³-hybridized carbons (Fsp3) is 0.0909. The van der Waals surface area contributed by atoms with Gasteiger partial charge in [0.15, 0.2) is 0 Å². The first-order chi connectivity index (χ1) is 6.40. The molecule has 0 radical (unpaired) electrons. The molecule has 0 fully saturated rings. The molecule has 0 bridgehead atoms. The van der Waals surface area contributed by atoms with Crippen LogP contribution in [0.15, 0.2) is 41.8 Å². The van der Waals surface area contributed by atoms with E-state index in [1.165, 1.54) is 16.0 Å². The van der Waals surface area contributed by atoms with Gasteiger partial charge in [0.1, 0.15) is 0 Å². The zero-order valence-electron chi connectivity index (χ0n) is 7.03. The van der Waals surface area contributed by atoms with E-state index in [2.05, 4.69) is 57.7 Å². The van der Waals surface area contributed by atoms with Gasteiger partial charge < -0.3 is 0 Å². The van der Waals surface area contributed by atoms with Gasteiger partial charge >= 0.3 is 0 Å². The largest absolute Gasteiger partial charge is 0.144 e. The van der Waals surface area contributed by atoms with E-state index in [-0.39, 0.29) is 0 Å². The minimum atomic E-state index is 0.923. The average Bonchev–Trinajstić information content (AvgIpc) is 2.71. The molecule has 0 N–H and O–H groups in total. The molecule has 2 aromatic rings. The van der Waals surface area contributed by atoms with Gasteiger partial charge in [-0.15, -0.1) is 11.3 Å². The van der Waals surface area contributed by atoms with Crippen molar-refractivity contribution in [3.8, 4) is 10.4 Å². The Kier molecular flexibility index (Phi) is 2.81. The Bertz CT molecular complexity index is 379. The summed E-state index contributed by atoms with van der Waals surface area (Å²) in [6.45, 7) is 0. The molecule has 0 aliphatic heterocycles. The predicted molar refractivity (Wildman–Crippen MR) is 62.4 cm³/mol. The van der Waals surface area contributed by atoms with E-state index in [9.17, 15) is 0 Å². The SMILES string of the molecule is BrCc1cccc(-c2cccs2)c1. The van der Waals surface area contributed by atoms with Crippen molar-refractivity contribution in [2.75, 3.05) is 0 Å². The highest BCUT2D eigenvalue weighted by Gasteiger charge is 1.98. The van der Waals surface area contributed by atoms with Crippen molar-refractivity contribution in [1.29, 1.82) is 0 Å². The molecular formula is C11H9BrS. The van der Waals surface area contributed by atoms with Crippen molar-refractivity contribution in [3.05, 3.63) is 47.3 Å². The summed E-state index contributed by atoms with van der Waals surface area (Å²) in [4.78, 5) is 1.34. The van der Waals surface area contributed by atoms with Gasteiger partial charge in [-0.25, -0.2) is 0 Å². The minimum Gasteiger partial charge on any atom is -0.144 e. The van der Waals surface area contributed by atoms with Crippen LogP contribution < -0.4 is 0 Å². The molecule has 1 aromatic heterocycles. The summed E-state index contributed by atoms with van der Waals surface area (Å²) in [6.07, 6.45) is 0. The van der Waals surface area contributed by atoms with Gasteiger partial charge in [0, 0.05) is 10.2 Å². The molecule has 1 aromatic carbocycles. The summed E-state index contributed by atoms with van der Waals surface area (Å²) >= 11 is 5.24. The summed E-state index contributed by atoms with van der Waals surface area (Å²) in [5, 5.41) is 3.03. The van der Waals surface area contributed by atoms with Crippen LogP contribution in [0.3, 0.4) is 0 Å². The Morgan fingerprint density at radius 1 is 1.15 bits per heavy atom. The third kappa shape index (κ3) is 2.01. The highest BCUT2D eigenvalue weighted by Crippen LogP contribution is 2.25. The number of benzene rings is 1. The maximum atomic E-state index is 3.46. The molecule has 0 saturated carbocycles. The Morgan fingerprint density at radius 2 is 2.08 bits per heavy atom. The van der Waals surface area contributed by atoms with Gasteiger partial charge in [0.2, 0.25) is 0 Å². The van der Waals surface area contributed by atoms with Gasteiger partial charge in [-0.05, 0) is 28.6 Å². The molecule has 0 aliphatic carbocycles. The molecule has 13 heavy (non-hydrogen) atoms. The summed E-state index contributed by atoms with van der Waals surface area (Å²) in [7, 11) is 0. The summed E-state index contributed by atoms with van der Waals surface area (Å²) in [5.74, 6) is 0. The van der Waals surface area contributed by atoms with E-state index in [1.54, 1.807) is 11.3 Å². The van der Waals surface area contributed by atoms with E-state index in [0.29, 0.717) is 0 Å². The molecule has 2 rings (SSSR count). The lowest BCUT2D eigenvalue weighted by molar-refractivity contribution is 1.44. The molecule has 0 unspecified atom stereocenters. The zero-order chi connectivity index (χ0) is 9.10. The van der Waals surface area contributed by atoms with Crippen LogP contribution in [0.5, 0.6) is 0 Å². The standard InChI is InChI=1S/C11H9BrS/c12-8-9-3-1-4-10(7-9)11-5-2-6-13-11/h1-7H,8H2. The van der Waals surface area contributed by atoms with E-state index in [1.807, 2.05) is 0 Å². The fourth-order valence-electron chi connectivity index (χ4n) is 1.25. The van der Waals surface area contributed by atoms with Crippen molar-refractivity contribution >= 4 is 27.3 Å². The van der Waals surface area contributed by atoms with Crippen LogP contribution in [-0.2, 0) is 5.33 Å². The molecule has 0 aliphatic rings. The molecule has 66 valence electrons. The molecule has 1 heterocycles. The predicted octanol–water partition coefficient (Wildman–Crippen LogP) is 4.31. The van der Waals surface area contributed by atoms with Gasteiger partial charge in [-0.3, -0.25) is 0 Å². The lowest BCUT2D eigenvalue weighted by Gasteiger charge is -1.99. The fourth-order valence-corrected chi connectivity index (χ4v) is 2.32. The smallest absolute Gasteiger partial charge is 0.0342 e. The zero-order valence-corrected chi connectivity index (χ0v) is 9.44. The average molecular weight is 253 g/mol. The molecule has 0 nitrogen and oxygen atoms in total. The minimum absolute atomic E-state index is 0.923. The van der Waals surface area contributed by atoms with E-state index < -0.39 is 0 Å². The number of rotatable bonds is 2. The van der Waals surface area contributed by atoms with Crippen LogP contribution in [0, 0.1) is 0 Å². The molecule has 0 spiro atoms. The van der Waals surface area contributed by atoms with Gasteiger partial charge in [0.25, 0.3) is 0 Å². The van der Waals surface area contributed by atoms with Crippen molar-refractivity contribution in [3.63, 3.8) is 0 Å². The van der Waals surface area contributed by atoms with Crippen LogP contribution in [0.25, 0.3) is 10.4 Å². The van der Waals surface area contributed by atoms with Gasteiger partial charge in [0.05, 0.1) is 0 Å². The third-order valence-corrected chi connectivity index (χ3v) is 3.45. The normalized spacial score (nSPS) is 10.2. The molecule has 2 heteroatoms. The van der Waals surface area contributed by atoms with E-state index >= 15 is 0 Å². The molecular weight excluding hydrogens is 244 g/mol. The number of hydrogen-bond donors (Lipinski definition) is 0. The number of hydrogen-bond acceptors (Lipinski definition) is 1. The van der Waals surface area contributed by atoms with Crippen LogP contribution in [0.2, 0.25) is 0 Å². The second-order valence-corrected chi connectivity index (χ2v) is 4.32. The van der Waals surface area contributed by atoms with Gasteiger partial charge in [-0.2, -0.15) is 0 Å². The van der Waals surface area contributed by atoms with Crippen molar-refractivity contribution < 1.29 is 0 Å². The second-order valence-electron chi connectivity index (χ2n) is 2.81. The van der Waals surface area contributed by atoms with Crippen LogP contribution >= 0.6 is 27.3 Å². The lowest BCUT2D eigenvalue weighted by Crippen LogP contribution is -1.77. The Hall–Kier alpha value is -0.600. The monoisotopic (exact) mass is 252 g/mol. The first kappa shape index (κ1) is 8.97. The Labute approximate surface area is 90.4 Å². The third-order valence-electron chi connectivity index (χ3n) is 1.89. The number of alkyl halides is 1. The highest BCUT2D eigenvalue weighted by atomic mass is 79.9. The second kappa shape index (κ2) is 4.07. The maximum absolute atomic E-state index is 3.46. The van der Waals surface area contributed by atoms with Gasteiger partial charge in [-0.1, -0.05) is 40.2 Å². The van der Waals surface area contributed by atoms with Crippen molar-refractivity contribution in [1.82, 2.24) is 0 Å². The Balaban J connectivity index is 2.41. The topological polar surface area (TPSA) is 0 Å². The number of halogens is 1. The molecule has 0 saturated heterocycles. The molecule has 0 amide bonds. The highest BCUT2D eigenvalue weighted by molar-refractivity contribution is 9.08. The van der Waals surface area contributed by atoms with Crippen molar-refractivity contribution in [2.45, 2.75) is 5.33 Å². The summed E-state index contributed by atoms with van der Waals surface area (Å²) in [5.41, 5.74) is 2.64. The lowest BCUT2D eigenvalue weighted by atomic mass is 10.1. The summed E-state index contributed by atoms with van der Waals surface area (Å²) in [6, 6.07) is 12.8. The molecule has 0 atom stereocenters. The number of thiophene rings is 1. The van der Waals surface area contributed by atoms with Crippen molar-refractivity contribution in [2.24, 2.45) is 0 Å². The quantitative estimate of drug-likeness (QED) is 0.699. The van der Waals surface area contributed by atoms with E-state index in [4.69, 9.17) is 0 Å². The first-order valence-corrected chi connectivity index (χ1v) is 6.09. The maximum Gasteiger partial charge on any atom is 0.0342 e. The first-order valence-electron chi connectivity index (χ1n) is 4.09. The van der Waals surface area contributed by atoms with Crippen LogP contribution in [-0.4, -0.2) is 0 Å².